The van der Waals surface area contributed by atoms with Crippen molar-refractivity contribution in [1.82, 2.24) is 19.9 Å². The molecule has 9 nitrogen and oxygen atoms in total. The van der Waals surface area contributed by atoms with Crippen LogP contribution in [0, 0.1) is 0 Å². The fourth-order valence-corrected chi connectivity index (χ4v) is 3.17. The van der Waals surface area contributed by atoms with Gasteiger partial charge in [-0.3, -0.25) is 14.6 Å². The summed E-state index contributed by atoms with van der Waals surface area (Å²) >= 11 is 6.12. The van der Waals surface area contributed by atoms with E-state index >= 15 is 0 Å². The number of aromatic amines is 1. The van der Waals surface area contributed by atoms with Gasteiger partial charge in [-0.05, 0) is 24.1 Å². The molecule has 27 heavy (non-hydrogen) atoms. The fraction of sp³-hybridized carbons (Fsp3) is 0.235. The summed E-state index contributed by atoms with van der Waals surface area (Å²) in [5.41, 5.74) is 9.36. The van der Waals surface area contributed by atoms with Gasteiger partial charge in [-0.15, -0.1) is 5.10 Å². The number of aryl methyl sites for hydroxylation is 1. The number of nitrogens with zero attached hydrogens (tertiary/aromatic N) is 4. The molecule has 2 aromatic heterocycles. The van der Waals surface area contributed by atoms with Crippen LogP contribution in [0.2, 0.25) is 5.15 Å². The van der Waals surface area contributed by atoms with E-state index in [0.717, 1.165) is 21.9 Å². The average Bonchev–Trinajstić information content (AvgIpc) is 2.88. The summed E-state index contributed by atoms with van der Waals surface area (Å²) in [6.45, 7) is 2.01. The van der Waals surface area contributed by atoms with E-state index in [0.29, 0.717) is 29.0 Å². The Hall–Kier alpha value is -3.04. The van der Waals surface area contributed by atoms with Crippen molar-refractivity contribution < 1.29 is 0 Å². The molecule has 3 rings (SSSR count). The van der Waals surface area contributed by atoms with Crippen LogP contribution in [0.3, 0.4) is 0 Å². The van der Waals surface area contributed by atoms with Crippen LogP contribution in [-0.2, 0) is 13.5 Å². The SMILES string of the molecule is CCc1c(Nc2cc(Cl)nc3[nH]n(C)c(=O)c23)cccc1/C(N)=N/N(C)N. The number of nitrogens with two attached hydrogens (primary N) is 2. The van der Waals surface area contributed by atoms with Crippen LogP contribution in [0.25, 0.3) is 11.0 Å². The molecule has 142 valence electrons. The fourth-order valence-electron chi connectivity index (χ4n) is 2.98. The van der Waals surface area contributed by atoms with Gasteiger partial charge in [-0.25, -0.2) is 15.9 Å². The number of hydrazine groups is 1. The predicted molar refractivity (Wildman–Crippen MR) is 108 cm³/mol. The highest BCUT2D eigenvalue weighted by Crippen LogP contribution is 2.29. The molecule has 0 aliphatic heterocycles. The summed E-state index contributed by atoms with van der Waals surface area (Å²) in [7, 11) is 3.22. The van der Waals surface area contributed by atoms with E-state index in [1.807, 2.05) is 25.1 Å². The lowest BCUT2D eigenvalue weighted by atomic mass is 10.0. The number of rotatable bonds is 5. The molecule has 0 spiro atoms. The molecule has 1 aromatic carbocycles. The molecule has 0 saturated carbocycles. The number of hydrazone groups is 1. The molecule has 0 radical (unpaired) electrons. The quantitative estimate of drug-likeness (QED) is 0.173. The van der Waals surface area contributed by atoms with Gasteiger partial charge in [0, 0.05) is 25.3 Å². The van der Waals surface area contributed by atoms with Crippen molar-refractivity contribution in [3.05, 3.63) is 50.9 Å². The molecular weight excluding hydrogens is 368 g/mol. The van der Waals surface area contributed by atoms with Gasteiger partial charge in [0.05, 0.1) is 5.69 Å². The molecule has 0 fully saturated rings. The molecule has 6 N–H and O–H groups in total. The van der Waals surface area contributed by atoms with E-state index in [-0.39, 0.29) is 10.7 Å². The van der Waals surface area contributed by atoms with Crippen LogP contribution in [0.15, 0.2) is 34.2 Å². The van der Waals surface area contributed by atoms with Crippen molar-refractivity contribution in [1.29, 1.82) is 0 Å². The Kier molecular flexibility index (Phi) is 5.06. The van der Waals surface area contributed by atoms with Gasteiger partial charge < -0.3 is 11.1 Å². The Balaban J connectivity index is 2.15. The third-order valence-electron chi connectivity index (χ3n) is 4.12. The number of fused-ring (bicyclic) bond motifs is 1. The second kappa shape index (κ2) is 7.29. The number of H-pyrrole nitrogens is 1. The molecular formula is C17H21ClN8O. The van der Waals surface area contributed by atoms with Crippen molar-refractivity contribution in [3.8, 4) is 0 Å². The molecule has 0 unspecified atom stereocenters. The first-order chi connectivity index (χ1) is 12.8. The van der Waals surface area contributed by atoms with Gasteiger partial charge in [0.25, 0.3) is 5.56 Å². The van der Waals surface area contributed by atoms with E-state index in [1.54, 1.807) is 20.2 Å². The van der Waals surface area contributed by atoms with Gasteiger partial charge in [-0.2, -0.15) is 0 Å². The summed E-state index contributed by atoms with van der Waals surface area (Å²) in [6.07, 6.45) is 0.691. The van der Waals surface area contributed by atoms with Gasteiger partial charge in [0.2, 0.25) is 0 Å². The third kappa shape index (κ3) is 3.60. The van der Waals surface area contributed by atoms with E-state index in [2.05, 4.69) is 20.5 Å². The number of hydrogen-bond donors (Lipinski definition) is 4. The monoisotopic (exact) mass is 388 g/mol. The van der Waals surface area contributed by atoms with Crippen LogP contribution in [0.5, 0.6) is 0 Å². The Morgan fingerprint density at radius 2 is 2.19 bits per heavy atom. The van der Waals surface area contributed by atoms with Crippen molar-refractivity contribution in [3.63, 3.8) is 0 Å². The number of halogens is 1. The molecule has 0 bridgehead atoms. The van der Waals surface area contributed by atoms with E-state index < -0.39 is 0 Å². The second-order valence-corrected chi connectivity index (χ2v) is 6.45. The molecule has 3 aromatic rings. The Bertz CT molecular complexity index is 1080. The summed E-state index contributed by atoms with van der Waals surface area (Å²) in [5, 5.41) is 12.1. The molecule has 10 heteroatoms. The summed E-state index contributed by atoms with van der Waals surface area (Å²) in [4.78, 5) is 16.6. The highest BCUT2D eigenvalue weighted by Gasteiger charge is 2.16. The predicted octanol–water partition coefficient (Wildman–Crippen LogP) is 1.65. The lowest BCUT2D eigenvalue weighted by Gasteiger charge is -2.16. The first-order valence-electron chi connectivity index (χ1n) is 8.28. The van der Waals surface area contributed by atoms with Crippen molar-refractivity contribution in [2.24, 2.45) is 23.7 Å². The van der Waals surface area contributed by atoms with E-state index in [1.165, 1.54) is 4.68 Å². The van der Waals surface area contributed by atoms with Crippen molar-refractivity contribution >= 4 is 39.8 Å². The number of amidine groups is 1. The van der Waals surface area contributed by atoms with Crippen LogP contribution in [0.4, 0.5) is 11.4 Å². The number of benzene rings is 1. The maximum Gasteiger partial charge on any atom is 0.277 e. The smallest absolute Gasteiger partial charge is 0.277 e. The van der Waals surface area contributed by atoms with E-state index in [4.69, 9.17) is 23.2 Å². The second-order valence-electron chi connectivity index (χ2n) is 6.06. The maximum atomic E-state index is 12.5. The third-order valence-corrected chi connectivity index (χ3v) is 4.31. The maximum absolute atomic E-state index is 12.5. The average molecular weight is 389 g/mol. The molecule has 2 heterocycles. The normalized spacial score (nSPS) is 11.8. The summed E-state index contributed by atoms with van der Waals surface area (Å²) in [5.74, 6) is 5.87. The zero-order chi connectivity index (χ0) is 19.7. The van der Waals surface area contributed by atoms with Gasteiger partial charge in [-0.1, -0.05) is 30.7 Å². The largest absolute Gasteiger partial charge is 0.382 e. The first kappa shape index (κ1) is 18.7. The van der Waals surface area contributed by atoms with Crippen molar-refractivity contribution in [2.75, 3.05) is 12.4 Å². The minimum atomic E-state index is -0.197. The first-order valence-corrected chi connectivity index (χ1v) is 8.66. The number of anilines is 2. The highest BCUT2D eigenvalue weighted by molar-refractivity contribution is 6.30. The standard InChI is InChI=1S/C17H21ClN8O/c1-4-9-10(15(19)23-26(3)20)6-5-7-11(9)21-12-8-13(18)22-16-14(12)17(27)25(2)24-16/h5-8H,4,20H2,1-3H3,(H2,19,23)(H2,21,22,24). The molecule has 0 atom stereocenters. The lowest BCUT2D eigenvalue weighted by Crippen LogP contribution is -2.26. The number of aromatic nitrogens is 3. The summed E-state index contributed by atoms with van der Waals surface area (Å²) in [6, 6.07) is 7.25. The molecule has 0 amide bonds. The van der Waals surface area contributed by atoms with Crippen LogP contribution in [-0.4, -0.2) is 32.8 Å². The van der Waals surface area contributed by atoms with Crippen LogP contribution in [0.1, 0.15) is 18.1 Å². The zero-order valence-corrected chi connectivity index (χ0v) is 16.0. The van der Waals surface area contributed by atoms with E-state index in [9.17, 15) is 4.79 Å². The topological polar surface area (TPSA) is 130 Å². The number of pyridine rings is 1. The number of hydrogen-bond acceptors (Lipinski definition) is 6. The Morgan fingerprint density at radius 3 is 2.85 bits per heavy atom. The molecule has 0 saturated heterocycles. The van der Waals surface area contributed by atoms with Gasteiger partial charge in [0.1, 0.15) is 10.5 Å². The molecule has 0 aliphatic carbocycles. The highest BCUT2D eigenvalue weighted by atomic mass is 35.5. The minimum absolute atomic E-state index is 0.197. The van der Waals surface area contributed by atoms with Crippen molar-refractivity contribution in [2.45, 2.75) is 13.3 Å². The Labute approximate surface area is 160 Å². The van der Waals surface area contributed by atoms with Gasteiger partial charge >= 0.3 is 0 Å². The lowest BCUT2D eigenvalue weighted by molar-refractivity contribution is 0.371. The Morgan fingerprint density at radius 1 is 1.44 bits per heavy atom. The zero-order valence-electron chi connectivity index (χ0n) is 15.2. The number of nitrogens with one attached hydrogen (secondary N) is 2. The van der Waals surface area contributed by atoms with Gasteiger partial charge in [0.15, 0.2) is 11.5 Å². The van der Waals surface area contributed by atoms with Crippen LogP contribution < -0.4 is 22.5 Å². The van der Waals surface area contributed by atoms with Crippen LogP contribution >= 0.6 is 11.6 Å². The molecule has 0 aliphatic rings. The minimum Gasteiger partial charge on any atom is -0.382 e. The summed E-state index contributed by atoms with van der Waals surface area (Å²) < 4.78 is 1.36.